The Morgan fingerprint density at radius 1 is 1.56 bits per heavy atom. The van der Waals surface area contributed by atoms with E-state index in [9.17, 15) is 14.3 Å². The van der Waals surface area contributed by atoms with Crippen molar-refractivity contribution >= 4 is 5.91 Å². The summed E-state index contributed by atoms with van der Waals surface area (Å²) < 4.78 is 13.5. The Balaban J connectivity index is 2.33. The van der Waals surface area contributed by atoms with E-state index in [0.717, 1.165) is 12.8 Å². The highest BCUT2D eigenvalue weighted by molar-refractivity contribution is 5.97. The van der Waals surface area contributed by atoms with Crippen LogP contribution >= 0.6 is 0 Å². The van der Waals surface area contributed by atoms with Crippen molar-refractivity contribution in [3.63, 3.8) is 0 Å². The molecular formula is C12H14FNO2. The maximum absolute atomic E-state index is 13.5. The fourth-order valence-electron chi connectivity index (χ4n) is 2.10. The number of carbonyl (C=O) groups excluding carboxylic acids is 1. The molecule has 0 saturated carbocycles. The van der Waals surface area contributed by atoms with E-state index in [1.807, 2.05) is 6.92 Å². The molecule has 0 aliphatic carbocycles. The number of phenolic OH excluding ortho intramolecular Hbond substituents is 1. The molecule has 1 aromatic carbocycles. The molecular weight excluding hydrogens is 209 g/mol. The number of likely N-dealkylation sites (tertiary alicyclic amines) is 1. The van der Waals surface area contributed by atoms with Crippen molar-refractivity contribution in [3.05, 3.63) is 29.6 Å². The monoisotopic (exact) mass is 223 g/mol. The standard InChI is InChI=1S/C12H14FNO2/c1-8-4-3-7-14(8)12(16)11-9(13)5-2-6-10(11)15/h2,5-6,8,15H,3-4,7H2,1H3. The molecule has 1 aromatic rings. The second kappa shape index (κ2) is 4.12. The van der Waals surface area contributed by atoms with Gasteiger partial charge >= 0.3 is 0 Å². The number of halogens is 1. The lowest BCUT2D eigenvalue weighted by Crippen LogP contribution is -2.34. The van der Waals surface area contributed by atoms with Crippen molar-refractivity contribution in [2.75, 3.05) is 6.54 Å². The van der Waals surface area contributed by atoms with Crippen LogP contribution < -0.4 is 0 Å². The Morgan fingerprint density at radius 2 is 2.31 bits per heavy atom. The summed E-state index contributed by atoms with van der Waals surface area (Å²) in [5.74, 6) is -1.37. The van der Waals surface area contributed by atoms with Crippen LogP contribution in [0.4, 0.5) is 4.39 Å². The smallest absolute Gasteiger partial charge is 0.260 e. The van der Waals surface area contributed by atoms with Crippen LogP contribution in [0.3, 0.4) is 0 Å². The predicted molar refractivity (Wildman–Crippen MR) is 57.8 cm³/mol. The van der Waals surface area contributed by atoms with Crippen molar-refractivity contribution in [3.8, 4) is 5.75 Å². The second-order valence-electron chi connectivity index (χ2n) is 4.12. The highest BCUT2D eigenvalue weighted by Crippen LogP contribution is 2.25. The van der Waals surface area contributed by atoms with Crippen LogP contribution in [-0.2, 0) is 0 Å². The Labute approximate surface area is 93.5 Å². The highest BCUT2D eigenvalue weighted by atomic mass is 19.1. The van der Waals surface area contributed by atoms with Crippen molar-refractivity contribution in [2.45, 2.75) is 25.8 Å². The van der Waals surface area contributed by atoms with Crippen molar-refractivity contribution in [1.29, 1.82) is 0 Å². The summed E-state index contributed by atoms with van der Waals surface area (Å²) in [6.07, 6.45) is 1.86. The first-order valence-corrected chi connectivity index (χ1v) is 5.39. The predicted octanol–water partition coefficient (Wildman–Crippen LogP) is 2.16. The maximum atomic E-state index is 13.5. The van der Waals surface area contributed by atoms with E-state index in [-0.39, 0.29) is 17.4 Å². The summed E-state index contributed by atoms with van der Waals surface area (Å²) in [5, 5.41) is 9.52. The van der Waals surface area contributed by atoms with Crippen LogP contribution in [-0.4, -0.2) is 28.5 Å². The molecule has 1 N–H and O–H groups in total. The summed E-state index contributed by atoms with van der Waals surface area (Å²) in [6, 6.07) is 4.02. The number of phenols is 1. The number of hydrogen-bond acceptors (Lipinski definition) is 2. The van der Waals surface area contributed by atoms with Gasteiger partial charge in [-0.15, -0.1) is 0 Å². The average molecular weight is 223 g/mol. The zero-order chi connectivity index (χ0) is 11.7. The second-order valence-corrected chi connectivity index (χ2v) is 4.12. The fraction of sp³-hybridized carbons (Fsp3) is 0.417. The van der Waals surface area contributed by atoms with Gasteiger partial charge in [0.05, 0.1) is 0 Å². The number of benzene rings is 1. The number of aromatic hydroxyl groups is 1. The molecule has 0 radical (unpaired) electrons. The molecule has 4 heteroatoms. The van der Waals surface area contributed by atoms with E-state index in [1.54, 1.807) is 4.90 Å². The number of amides is 1. The summed E-state index contributed by atoms with van der Waals surface area (Å²) in [6.45, 7) is 2.57. The Hall–Kier alpha value is -1.58. The lowest BCUT2D eigenvalue weighted by atomic mass is 10.1. The average Bonchev–Trinajstić information content (AvgIpc) is 2.64. The van der Waals surface area contributed by atoms with Gasteiger partial charge in [-0.3, -0.25) is 4.79 Å². The Morgan fingerprint density at radius 3 is 2.88 bits per heavy atom. The maximum Gasteiger partial charge on any atom is 0.260 e. The van der Waals surface area contributed by atoms with E-state index >= 15 is 0 Å². The number of rotatable bonds is 1. The van der Waals surface area contributed by atoms with E-state index in [1.165, 1.54) is 18.2 Å². The third-order valence-corrected chi connectivity index (χ3v) is 3.02. The van der Waals surface area contributed by atoms with Gasteiger partial charge in [-0.05, 0) is 31.9 Å². The van der Waals surface area contributed by atoms with Crippen molar-refractivity contribution in [1.82, 2.24) is 4.90 Å². The van der Waals surface area contributed by atoms with E-state index in [0.29, 0.717) is 6.54 Å². The van der Waals surface area contributed by atoms with Crippen molar-refractivity contribution < 1.29 is 14.3 Å². The summed E-state index contributed by atoms with van der Waals surface area (Å²) >= 11 is 0. The third-order valence-electron chi connectivity index (χ3n) is 3.02. The van der Waals surface area contributed by atoms with Gasteiger partial charge in [-0.2, -0.15) is 0 Å². The molecule has 0 spiro atoms. The first-order chi connectivity index (χ1) is 7.61. The first kappa shape index (κ1) is 10.9. The molecule has 1 fully saturated rings. The normalized spacial score (nSPS) is 20.1. The minimum absolute atomic E-state index is 0.117. The van der Waals surface area contributed by atoms with Crippen molar-refractivity contribution in [2.24, 2.45) is 0 Å². The summed E-state index contributed by atoms with van der Waals surface area (Å²) in [4.78, 5) is 13.6. The first-order valence-electron chi connectivity index (χ1n) is 5.39. The van der Waals surface area contributed by atoms with Crippen LogP contribution in [0.15, 0.2) is 18.2 Å². The lowest BCUT2D eigenvalue weighted by molar-refractivity contribution is 0.0739. The van der Waals surface area contributed by atoms with Gasteiger partial charge in [0.15, 0.2) is 0 Å². The van der Waals surface area contributed by atoms with Gasteiger partial charge < -0.3 is 10.0 Å². The molecule has 1 unspecified atom stereocenters. The molecule has 1 heterocycles. The van der Waals surface area contributed by atoms with E-state index < -0.39 is 11.7 Å². The number of hydrogen-bond donors (Lipinski definition) is 1. The molecule has 1 atom stereocenters. The number of carbonyl (C=O) groups is 1. The van der Waals surface area contributed by atoms with Crippen LogP contribution in [0.25, 0.3) is 0 Å². The quantitative estimate of drug-likeness (QED) is 0.792. The molecule has 3 nitrogen and oxygen atoms in total. The Bertz CT molecular complexity index is 399. The minimum Gasteiger partial charge on any atom is -0.507 e. The molecule has 0 bridgehead atoms. The molecule has 16 heavy (non-hydrogen) atoms. The lowest BCUT2D eigenvalue weighted by Gasteiger charge is -2.21. The van der Waals surface area contributed by atoms with Gasteiger partial charge in [0.25, 0.3) is 5.91 Å². The summed E-state index contributed by atoms with van der Waals surface area (Å²) in [7, 11) is 0. The Kier molecular flexibility index (Phi) is 2.81. The van der Waals surface area contributed by atoms with Gasteiger partial charge in [0.2, 0.25) is 0 Å². The minimum atomic E-state index is -0.663. The van der Waals surface area contributed by atoms with E-state index in [2.05, 4.69) is 0 Å². The molecule has 0 aromatic heterocycles. The van der Waals surface area contributed by atoms with Crippen LogP contribution in [0.5, 0.6) is 5.75 Å². The summed E-state index contributed by atoms with van der Waals surface area (Å²) in [5.41, 5.74) is -0.212. The highest BCUT2D eigenvalue weighted by Gasteiger charge is 2.29. The molecule has 1 aliphatic rings. The van der Waals surface area contributed by atoms with Gasteiger partial charge in [-0.1, -0.05) is 6.07 Å². The topological polar surface area (TPSA) is 40.5 Å². The molecule has 2 rings (SSSR count). The van der Waals surface area contributed by atoms with Gasteiger partial charge in [0, 0.05) is 12.6 Å². The van der Waals surface area contributed by atoms with Gasteiger partial charge in [0.1, 0.15) is 17.1 Å². The zero-order valence-electron chi connectivity index (χ0n) is 9.11. The van der Waals surface area contributed by atoms with Crippen LogP contribution in [0.1, 0.15) is 30.1 Å². The number of nitrogens with zero attached hydrogens (tertiary/aromatic N) is 1. The van der Waals surface area contributed by atoms with Crippen LogP contribution in [0.2, 0.25) is 0 Å². The fourth-order valence-corrected chi connectivity index (χ4v) is 2.10. The SMILES string of the molecule is CC1CCCN1C(=O)c1c(O)cccc1F. The molecule has 1 saturated heterocycles. The molecule has 86 valence electrons. The van der Waals surface area contributed by atoms with E-state index in [4.69, 9.17) is 0 Å². The molecule has 1 amide bonds. The van der Waals surface area contributed by atoms with Crippen LogP contribution in [0, 0.1) is 5.82 Å². The zero-order valence-corrected chi connectivity index (χ0v) is 9.11. The van der Waals surface area contributed by atoms with Gasteiger partial charge in [-0.25, -0.2) is 4.39 Å². The third kappa shape index (κ3) is 1.75. The largest absolute Gasteiger partial charge is 0.507 e. The molecule has 1 aliphatic heterocycles.